The SMILES string of the molecule is [Na+].[Na+].[Na+].[SbH6-3]. The van der Waals surface area contributed by atoms with Gasteiger partial charge in [-0.25, -0.2) is 0 Å². The average molecular weight is 197 g/mol. The molecule has 4 heteroatoms. The van der Waals surface area contributed by atoms with Crippen LogP contribution in [0.2, 0.25) is 0 Å². The molecule has 0 bridgehead atoms. The van der Waals surface area contributed by atoms with Gasteiger partial charge >= 0.3 is 113 Å². The van der Waals surface area contributed by atoms with Gasteiger partial charge in [-0.05, 0) is 0 Å². The second-order valence-electron chi connectivity index (χ2n) is 0. The van der Waals surface area contributed by atoms with Crippen molar-refractivity contribution in [1.82, 2.24) is 0 Å². The molecule has 0 aromatic heterocycles. The Balaban J connectivity index is 0. The third kappa shape index (κ3) is 9.26. The van der Waals surface area contributed by atoms with Crippen molar-refractivity contribution in [2.24, 2.45) is 0 Å². The molecule has 0 N–H and O–H groups in total. The van der Waals surface area contributed by atoms with Gasteiger partial charge in [0.05, 0.1) is 0 Å². The minimum atomic E-state index is 0. The molecule has 0 spiro atoms. The summed E-state index contributed by atoms with van der Waals surface area (Å²) in [6, 6.07) is 0. The second kappa shape index (κ2) is 15.8. The first-order valence-corrected chi connectivity index (χ1v) is 0. The van der Waals surface area contributed by atoms with Crippen LogP contribution >= 0.6 is 0 Å². The molecule has 0 aromatic rings. The summed E-state index contributed by atoms with van der Waals surface area (Å²) in [5.74, 6) is 0. The predicted octanol–water partition coefficient (Wildman–Crippen LogP) is -11.0. The zero-order chi connectivity index (χ0) is 0. The van der Waals surface area contributed by atoms with Gasteiger partial charge in [0, 0.05) is 0 Å². The Morgan fingerprint density at radius 1 is 0.500 bits per heavy atom. The van der Waals surface area contributed by atoms with Gasteiger partial charge in [0.25, 0.3) is 0 Å². The number of hydrogen-bond acceptors (Lipinski definition) is 0. The first-order valence-electron chi connectivity index (χ1n) is 0. The van der Waals surface area contributed by atoms with Gasteiger partial charge in [0.15, 0.2) is 0 Å². The van der Waals surface area contributed by atoms with Crippen LogP contribution < -0.4 is 88.7 Å². The van der Waals surface area contributed by atoms with Crippen LogP contribution in [0.3, 0.4) is 0 Å². The Labute approximate surface area is 110 Å². The molecule has 4 heavy (non-hydrogen) atoms. The summed E-state index contributed by atoms with van der Waals surface area (Å²) >= 11 is 0. The zero-order valence-corrected chi connectivity index (χ0v) is 9.00. The molecule has 0 aliphatic carbocycles. The van der Waals surface area contributed by atoms with Crippen LogP contribution in [0.1, 0.15) is 0 Å². The average Bonchev–Trinajstić information content (AvgIpc) is 0. The molecule has 0 unspecified atom stereocenters. The van der Waals surface area contributed by atoms with Crippen molar-refractivity contribution >= 4 is 24.4 Å². The maximum atomic E-state index is 0. The van der Waals surface area contributed by atoms with Crippen molar-refractivity contribution in [2.45, 2.75) is 0 Å². The molecule has 0 rings (SSSR count). The summed E-state index contributed by atoms with van der Waals surface area (Å²) in [5, 5.41) is 0. The van der Waals surface area contributed by atoms with Gasteiger partial charge in [0.1, 0.15) is 0 Å². The van der Waals surface area contributed by atoms with Gasteiger partial charge in [-0.1, -0.05) is 0 Å². The number of rotatable bonds is 0. The topological polar surface area (TPSA) is 0 Å². The van der Waals surface area contributed by atoms with Crippen molar-refractivity contribution in [3.63, 3.8) is 0 Å². The van der Waals surface area contributed by atoms with Crippen LogP contribution in [0, 0.1) is 0 Å². The van der Waals surface area contributed by atoms with Crippen LogP contribution in [-0.2, 0) is 0 Å². The molecule has 0 atom stereocenters. The fourth-order valence-corrected chi connectivity index (χ4v) is 0. The summed E-state index contributed by atoms with van der Waals surface area (Å²) in [5.41, 5.74) is 0. The molecular weight excluding hydrogens is 191 g/mol. The van der Waals surface area contributed by atoms with E-state index < -0.39 is 0 Å². The molecule has 14 valence electrons. The second-order valence-corrected chi connectivity index (χ2v) is 0. The quantitative estimate of drug-likeness (QED) is 0.338. The molecule has 0 aliphatic rings. The monoisotopic (exact) mass is 196 g/mol. The van der Waals surface area contributed by atoms with Crippen LogP contribution in [0.5, 0.6) is 0 Å². The van der Waals surface area contributed by atoms with Crippen LogP contribution in [-0.4, -0.2) is 24.4 Å². The Kier molecular flexibility index (Phi) is 98.7. The number of hydrogen-bond donors (Lipinski definition) is 0. The van der Waals surface area contributed by atoms with Crippen molar-refractivity contribution in [2.75, 3.05) is 0 Å². The van der Waals surface area contributed by atoms with E-state index in [0.717, 1.165) is 0 Å². The first kappa shape index (κ1) is 24.9. The fraction of sp³-hybridized carbons (Fsp3) is 0. The molecule has 0 fully saturated rings. The van der Waals surface area contributed by atoms with E-state index in [0.29, 0.717) is 0 Å². The predicted molar refractivity (Wildman–Crippen MR) is 14.1 cm³/mol. The Hall–Kier alpha value is 3.82. The van der Waals surface area contributed by atoms with Gasteiger partial charge < -0.3 is 0 Å². The Morgan fingerprint density at radius 2 is 0.500 bits per heavy atom. The van der Waals surface area contributed by atoms with Crippen molar-refractivity contribution in [3.8, 4) is 0 Å². The van der Waals surface area contributed by atoms with Gasteiger partial charge in [0.2, 0.25) is 0 Å². The third-order valence-electron chi connectivity index (χ3n) is 0. The third-order valence-corrected chi connectivity index (χ3v) is 0. The van der Waals surface area contributed by atoms with Crippen LogP contribution in [0.4, 0.5) is 0 Å². The van der Waals surface area contributed by atoms with Crippen molar-refractivity contribution in [3.05, 3.63) is 0 Å². The summed E-state index contributed by atoms with van der Waals surface area (Å²) < 4.78 is 0. The van der Waals surface area contributed by atoms with Crippen molar-refractivity contribution < 1.29 is 88.7 Å². The first-order chi connectivity index (χ1) is 0. The summed E-state index contributed by atoms with van der Waals surface area (Å²) in [6.45, 7) is 0. The van der Waals surface area contributed by atoms with E-state index in [2.05, 4.69) is 0 Å². The van der Waals surface area contributed by atoms with E-state index in [9.17, 15) is 0 Å². The molecule has 0 nitrogen and oxygen atoms in total. The Bertz CT molecular complexity index is 3.25. The normalized spacial score (nSPS) is 0. The van der Waals surface area contributed by atoms with E-state index in [1.165, 1.54) is 0 Å². The molecule has 0 aliphatic heterocycles. The Morgan fingerprint density at radius 3 is 0.500 bits per heavy atom. The van der Waals surface area contributed by atoms with Crippen LogP contribution in [0.15, 0.2) is 0 Å². The standard InChI is InChI=1S/3Na.Sb.6H/q3*+1;-3;;;;;;. The summed E-state index contributed by atoms with van der Waals surface area (Å²) in [7, 11) is 0. The molecule has 0 radical (unpaired) electrons. The van der Waals surface area contributed by atoms with Gasteiger partial charge in [-0.3, -0.25) is 0 Å². The fourth-order valence-electron chi connectivity index (χ4n) is 0. The maximum absolute atomic E-state index is 0. The summed E-state index contributed by atoms with van der Waals surface area (Å²) in [6.07, 6.45) is 0. The molecule has 0 saturated carbocycles. The van der Waals surface area contributed by atoms with Gasteiger partial charge in [-0.2, -0.15) is 0 Å². The molecule has 0 aromatic carbocycles. The van der Waals surface area contributed by atoms with E-state index in [-0.39, 0.29) is 113 Å². The van der Waals surface area contributed by atoms with E-state index in [1.54, 1.807) is 0 Å². The van der Waals surface area contributed by atoms with E-state index in [4.69, 9.17) is 0 Å². The molecule has 0 heterocycles. The zero-order valence-electron chi connectivity index (χ0n) is 3.00. The molecule has 0 amide bonds. The van der Waals surface area contributed by atoms with E-state index >= 15 is 0 Å². The summed E-state index contributed by atoms with van der Waals surface area (Å²) in [4.78, 5) is 0. The minimum absolute atomic E-state index is 0. The van der Waals surface area contributed by atoms with Crippen LogP contribution in [0.25, 0.3) is 0 Å². The molecule has 0 saturated heterocycles. The van der Waals surface area contributed by atoms with Crippen molar-refractivity contribution in [1.29, 1.82) is 0 Å². The van der Waals surface area contributed by atoms with Gasteiger partial charge in [-0.15, -0.1) is 0 Å². The molecular formula is H6Na3Sb. The van der Waals surface area contributed by atoms with E-state index in [1.807, 2.05) is 0 Å².